The molecule has 1 saturated carbocycles. The molecule has 84 valence electrons. The van der Waals surface area contributed by atoms with Gasteiger partial charge < -0.3 is 14.7 Å². The second kappa shape index (κ2) is 4.61. The van der Waals surface area contributed by atoms with Gasteiger partial charge in [0.1, 0.15) is 0 Å². The molecule has 0 amide bonds. The molecule has 1 aliphatic rings. The summed E-state index contributed by atoms with van der Waals surface area (Å²) in [5.74, 6) is 1.39. The van der Waals surface area contributed by atoms with E-state index in [2.05, 4.69) is 34.2 Å². The molecule has 5 heteroatoms. The Morgan fingerprint density at radius 3 is 2.73 bits per heavy atom. The van der Waals surface area contributed by atoms with E-state index in [1.165, 1.54) is 12.8 Å². The topological polar surface area (TPSA) is 54.2 Å². The first-order valence-corrected chi connectivity index (χ1v) is 5.64. The molecule has 0 unspecified atom stereocenters. The van der Waals surface area contributed by atoms with Gasteiger partial charge in [-0.1, -0.05) is 0 Å². The van der Waals surface area contributed by atoms with Gasteiger partial charge in [0.05, 0.1) is 6.54 Å². The Kier molecular flexibility index (Phi) is 3.20. The third-order valence-electron chi connectivity index (χ3n) is 2.62. The predicted molar refractivity (Wildman–Crippen MR) is 57.7 cm³/mol. The molecule has 0 atom stereocenters. The zero-order valence-corrected chi connectivity index (χ0v) is 9.36. The number of aromatic nitrogens is 2. The van der Waals surface area contributed by atoms with Gasteiger partial charge >= 0.3 is 0 Å². The van der Waals surface area contributed by atoms with Crippen LogP contribution in [0.25, 0.3) is 0 Å². The molecule has 0 radical (unpaired) electrons. The zero-order valence-electron chi connectivity index (χ0n) is 9.36. The highest BCUT2D eigenvalue weighted by Crippen LogP contribution is 2.19. The molecular weight excluding hydrogens is 192 g/mol. The van der Waals surface area contributed by atoms with Crippen LogP contribution >= 0.6 is 0 Å². The Hall–Kier alpha value is -1.10. The van der Waals surface area contributed by atoms with Gasteiger partial charge in [-0.2, -0.15) is 4.98 Å². The van der Waals surface area contributed by atoms with Crippen molar-refractivity contribution in [3.63, 3.8) is 0 Å². The van der Waals surface area contributed by atoms with Crippen molar-refractivity contribution in [3.05, 3.63) is 5.89 Å². The van der Waals surface area contributed by atoms with Gasteiger partial charge in [-0.05, 0) is 31.8 Å². The molecular formula is C10H18N4O. The van der Waals surface area contributed by atoms with Gasteiger partial charge in [0.2, 0.25) is 5.89 Å². The minimum atomic E-state index is 0.675. The quantitative estimate of drug-likeness (QED) is 0.763. The van der Waals surface area contributed by atoms with E-state index in [9.17, 15) is 0 Å². The van der Waals surface area contributed by atoms with E-state index in [1.807, 2.05) is 0 Å². The summed E-state index contributed by atoms with van der Waals surface area (Å²) in [7, 11) is 0. The van der Waals surface area contributed by atoms with Crippen LogP contribution < -0.4 is 10.2 Å². The van der Waals surface area contributed by atoms with E-state index in [0.29, 0.717) is 24.4 Å². The maximum Gasteiger partial charge on any atom is 0.266 e. The van der Waals surface area contributed by atoms with Crippen molar-refractivity contribution in [1.82, 2.24) is 15.5 Å². The first-order chi connectivity index (χ1) is 7.33. The fourth-order valence-corrected chi connectivity index (χ4v) is 1.47. The summed E-state index contributed by atoms with van der Waals surface area (Å²) in [5.41, 5.74) is 0. The van der Waals surface area contributed by atoms with Crippen LogP contribution in [-0.2, 0) is 6.54 Å². The zero-order chi connectivity index (χ0) is 10.7. The molecule has 1 N–H and O–H groups in total. The Balaban J connectivity index is 1.89. The van der Waals surface area contributed by atoms with Gasteiger partial charge in [-0.3, -0.25) is 0 Å². The van der Waals surface area contributed by atoms with Crippen molar-refractivity contribution >= 4 is 5.95 Å². The molecule has 0 aliphatic heterocycles. The number of hydrogen-bond acceptors (Lipinski definition) is 5. The van der Waals surface area contributed by atoms with Crippen LogP contribution in [0.4, 0.5) is 5.95 Å². The van der Waals surface area contributed by atoms with Crippen molar-refractivity contribution in [2.45, 2.75) is 39.3 Å². The lowest BCUT2D eigenvalue weighted by Crippen LogP contribution is -2.23. The lowest BCUT2D eigenvalue weighted by Gasteiger charge is -2.14. The minimum absolute atomic E-state index is 0.675. The monoisotopic (exact) mass is 210 g/mol. The van der Waals surface area contributed by atoms with E-state index in [1.54, 1.807) is 0 Å². The van der Waals surface area contributed by atoms with E-state index in [-0.39, 0.29) is 0 Å². The first-order valence-electron chi connectivity index (χ1n) is 5.64. The second-order valence-electron chi connectivity index (χ2n) is 3.82. The van der Waals surface area contributed by atoms with Crippen LogP contribution in [0.1, 0.15) is 32.6 Å². The molecule has 0 aromatic carbocycles. The summed E-state index contributed by atoms with van der Waals surface area (Å²) in [4.78, 5) is 6.41. The third-order valence-corrected chi connectivity index (χ3v) is 2.62. The summed E-state index contributed by atoms with van der Waals surface area (Å²) < 4.78 is 5.16. The van der Waals surface area contributed by atoms with Crippen LogP contribution in [-0.4, -0.2) is 29.3 Å². The molecule has 1 fully saturated rings. The molecule has 1 heterocycles. The summed E-state index contributed by atoms with van der Waals surface area (Å²) in [5, 5.41) is 7.30. The normalized spacial score (nSPS) is 15.6. The first kappa shape index (κ1) is 10.4. The van der Waals surface area contributed by atoms with Crippen LogP contribution in [0, 0.1) is 0 Å². The van der Waals surface area contributed by atoms with Crippen molar-refractivity contribution in [2.75, 3.05) is 18.0 Å². The van der Waals surface area contributed by atoms with Crippen molar-refractivity contribution in [2.24, 2.45) is 0 Å². The molecule has 1 aromatic rings. The van der Waals surface area contributed by atoms with E-state index >= 15 is 0 Å². The Morgan fingerprint density at radius 2 is 2.13 bits per heavy atom. The number of nitrogens with one attached hydrogen (secondary N) is 1. The molecule has 2 rings (SSSR count). The molecule has 0 bridgehead atoms. The number of hydrogen-bond donors (Lipinski definition) is 1. The fraction of sp³-hybridized carbons (Fsp3) is 0.800. The number of rotatable bonds is 6. The number of nitrogens with zero attached hydrogens (tertiary/aromatic N) is 3. The fourth-order valence-electron chi connectivity index (χ4n) is 1.47. The SMILES string of the molecule is CCN(CC)c1noc(CNC2CC2)n1. The predicted octanol–water partition coefficient (Wildman–Crippen LogP) is 1.17. The van der Waals surface area contributed by atoms with Gasteiger partial charge in [-0.15, -0.1) is 0 Å². The molecule has 0 saturated heterocycles. The summed E-state index contributed by atoms with van der Waals surface area (Å²) in [6.07, 6.45) is 2.55. The van der Waals surface area contributed by atoms with E-state index in [4.69, 9.17) is 4.52 Å². The highest BCUT2D eigenvalue weighted by atomic mass is 16.5. The van der Waals surface area contributed by atoms with Crippen molar-refractivity contribution < 1.29 is 4.52 Å². The van der Waals surface area contributed by atoms with Crippen LogP contribution in [0.5, 0.6) is 0 Å². The van der Waals surface area contributed by atoms with E-state index < -0.39 is 0 Å². The molecule has 15 heavy (non-hydrogen) atoms. The Labute approximate surface area is 89.8 Å². The Bertz CT molecular complexity index is 304. The maximum absolute atomic E-state index is 5.16. The molecule has 0 spiro atoms. The lowest BCUT2D eigenvalue weighted by molar-refractivity contribution is 0.366. The average molecular weight is 210 g/mol. The van der Waals surface area contributed by atoms with Crippen molar-refractivity contribution in [1.29, 1.82) is 0 Å². The van der Waals surface area contributed by atoms with Gasteiger partial charge in [0.15, 0.2) is 0 Å². The highest BCUT2D eigenvalue weighted by molar-refractivity contribution is 5.26. The van der Waals surface area contributed by atoms with Crippen LogP contribution in [0.3, 0.4) is 0 Å². The summed E-state index contributed by atoms with van der Waals surface area (Å²) in [6.45, 7) is 6.68. The van der Waals surface area contributed by atoms with E-state index in [0.717, 1.165) is 13.1 Å². The summed E-state index contributed by atoms with van der Waals surface area (Å²) >= 11 is 0. The average Bonchev–Trinajstić information content (AvgIpc) is 2.97. The number of anilines is 1. The maximum atomic E-state index is 5.16. The molecule has 1 aliphatic carbocycles. The minimum Gasteiger partial charge on any atom is -0.339 e. The molecule has 1 aromatic heterocycles. The van der Waals surface area contributed by atoms with Crippen LogP contribution in [0.15, 0.2) is 4.52 Å². The van der Waals surface area contributed by atoms with Crippen LogP contribution in [0.2, 0.25) is 0 Å². The Morgan fingerprint density at radius 1 is 1.40 bits per heavy atom. The molecule has 5 nitrogen and oxygen atoms in total. The highest BCUT2D eigenvalue weighted by Gasteiger charge is 2.21. The van der Waals surface area contributed by atoms with Gasteiger partial charge in [0, 0.05) is 19.1 Å². The second-order valence-corrected chi connectivity index (χ2v) is 3.82. The standard InChI is InChI=1S/C10H18N4O/c1-3-14(4-2)10-12-9(15-13-10)7-11-8-5-6-8/h8,11H,3-7H2,1-2H3. The van der Waals surface area contributed by atoms with Crippen molar-refractivity contribution in [3.8, 4) is 0 Å². The smallest absolute Gasteiger partial charge is 0.266 e. The third kappa shape index (κ3) is 2.68. The largest absolute Gasteiger partial charge is 0.339 e. The summed E-state index contributed by atoms with van der Waals surface area (Å²) in [6, 6.07) is 0.675. The van der Waals surface area contributed by atoms with Gasteiger partial charge in [-0.25, -0.2) is 0 Å². The lowest BCUT2D eigenvalue weighted by atomic mass is 10.5. The van der Waals surface area contributed by atoms with Gasteiger partial charge in [0.25, 0.3) is 5.95 Å².